The number of aliphatic hydroxyl groups is 1. The monoisotopic (exact) mass is 424 g/mol. The predicted molar refractivity (Wildman–Crippen MR) is 116 cm³/mol. The van der Waals surface area contributed by atoms with E-state index < -0.39 is 6.10 Å². The van der Waals surface area contributed by atoms with Crippen molar-refractivity contribution in [1.82, 2.24) is 20.1 Å². The van der Waals surface area contributed by atoms with Crippen molar-refractivity contribution in [2.45, 2.75) is 51.2 Å². The Labute approximate surface area is 180 Å². The van der Waals surface area contributed by atoms with Crippen molar-refractivity contribution in [3.8, 4) is 5.69 Å². The summed E-state index contributed by atoms with van der Waals surface area (Å²) in [5.41, 5.74) is 3.86. The van der Waals surface area contributed by atoms with Crippen LogP contribution in [0.5, 0.6) is 0 Å². The molecule has 1 aromatic carbocycles. The Bertz CT molecular complexity index is 1020. The Morgan fingerprint density at radius 2 is 2.03 bits per heavy atom. The number of carbonyl (C=O) groups is 1. The molecule has 2 heterocycles. The third kappa shape index (κ3) is 4.55. The molecule has 3 aromatic rings. The van der Waals surface area contributed by atoms with Crippen LogP contribution in [-0.4, -0.2) is 37.9 Å². The van der Waals surface area contributed by atoms with Crippen molar-refractivity contribution in [1.29, 1.82) is 0 Å². The number of nitrogens with zero attached hydrogens (tertiary/aromatic N) is 3. The van der Waals surface area contributed by atoms with Crippen molar-refractivity contribution in [3.63, 3.8) is 0 Å². The predicted octanol–water partition coefficient (Wildman–Crippen LogP) is 3.85. The third-order valence-electron chi connectivity index (χ3n) is 5.58. The molecule has 0 spiro atoms. The number of halogens is 1. The van der Waals surface area contributed by atoms with Crippen LogP contribution in [0.4, 0.5) is 0 Å². The summed E-state index contributed by atoms with van der Waals surface area (Å²) in [5, 5.41) is 17.9. The van der Waals surface area contributed by atoms with E-state index in [1.54, 1.807) is 23.9 Å². The molecule has 1 fully saturated rings. The standard InChI is InChI=1S/C23H25ClN4O2/c1-15-22(24)17(13-16-7-9-18(10-8-16)28-12-4-11-25-28)14-20(26-15)23(30)27-19-5-2-3-6-21(19)29/h4,7-12,14,19,21,29H,2-3,5-6,13H2,1H3,(H,27,30)/t19-,21-/m0/s1. The van der Waals surface area contributed by atoms with Gasteiger partial charge in [-0.05, 0) is 61.6 Å². The Balaban J connectivity index is 1.52. The molecule has 1 saturated carbocycles. The van der Waals surface area contributed by atoms with Gasteiger partial charge in [-0.1, -0.05) is 36.6 Å². The number of hydrogen-bond donors (Lipinski definition) is 2. The van der Waals surface area contributed by atoms with Crippen LogP contribution in [0.2, 0.25) is 5.02 Å². The van der Waals surface area contributed by atoms with Crippen molar-refractivity contribution >= 4 is 17.5 Å². The van der Waals surface area contributed by atoms with Crippen LogP contribution in [0.15, 0.2) is 48.8 Å². The number of pyridine rings is 1. The first-order chi connectivity index (χ1) is 14.5. The summed E-state index contributed by atoms with van der Waals surface area (Å²) in [6, 6.07) is 11.5. The minimum atomic E-state index is -0.496. The summed E-state index contributed by atoms with van der Waals surface area (Å²) in [4.78, 5) is 17.1. The lowest BCUT2D eigenvalue weighted by Crippen LogP contribution is -2.45. The summed E-state index contributed by atoms with van der Waals surface area (Å²) >= 11 is 6.50. The maximum absolute atomic E-state index is 12.8. The molecule has 0 saturated heterocycles. The highest BCUT2D eigenvalue weighted by Gasteiger charge is 2.25. The number of carbonyl (C=O) groups excluding carboxylic acids is 1. The summed E-state index contributed by atoms with van der Waals surface area (Å²) in [5.74, 6) is -0.268. The molecule has 2 aromatic heterocycles. The van der Waals surface area contributed by atoms with Gasteiger partial charge < -0.3 is 10.4 Å². The van der Waals surface area contributed by atoms with Gasteiger partial charge in [0.05, 0.1) is 28.5 Å². The molecule has 0 unspecified atom stereocenters. The van der Waals surface area contributed by atoms with Crippen LogP contribution in [0.3, 0.4) is 0 Å². The van der Waals surface area contributed by atoms with Gasteiger partial charge in [0.1, 0.15) is 5.69 Å². The fraction of sp³-hybridized carbons (Fsp3) is 0.348. The fourth-order valence-corrected chi connectivity index (χ4v) is 4.06. The van der Waals surface area contributed by atoms with Crippen LogP contribution in [0.25, 0.3) is 5.69 Å². The first-order valence-corrected chi connectivity index (χ1v) is 10.6. The molecular formula is C23H25ClN4O2. The van der Waals surface area contributed by atoms with E-state index in [9.17, 15) is 9.90 Å². The molecule has 2 N–H and O–H groups in total. The summed E-state index contributed by atoms with van der Waals surface area (Å²) in [6.07, 6.45) is 7.24. The maximum atomic E-state index is 12.8. The van der Waals surface area contributed by atoms with Crippen LogP contribution in [-0.2, 0) is 6.42 Å². The van der Waals surface area contributed by atoms with Crippen LogP contribution in [0.1, 0.15) is 53.0 Å². The second kappa shape index (κ2) is 8.98. The molecule has 156 valence electrons. The molecule has 1 amide bonds. The molecule has 4 rings (SSSR count). The molecule has 0 bridgehead atoms. The summed E-state index contributed by atoms with van der Waals surface area (Å²) in [7, 11) is 0. The summed E-state index contributed by atoms with van der Waals surface area (Å²) in [6.45, 7) is 1.80. The molecular weight excluding hydrogens is 400 g/mol. The van der Waals surface area contributed by atoms with Crippen LogP contribution in [0, 0.1) is 6.92 Å². The van der Waals surface area contributed by atoms with Gasteiger partial charge in [-0.25, -0.2) is 9.67 Å². The number of hydrogen-bond acceptors (Lipinski definition) is 4. The minimum absolute atomic E-state index is 0.220. The summed E-state index contributed by atoms with van der Waals surface area (Å²) < 4.78 is 1.80. The minimum Gasteiger partial charge on any atom is -0.391 e. The molecule has 0 radical (unpaired) electrons. The smallest absolute Gasteiger partial charge is 0.270 e. The van der Waals surface area contributed by atoms with E-state index >= 15 is 0 Å². The average molecular weight is 425 g/mol. The van der Waals surface area contributed by atoms with Gasteiger partial charge in [0, 0.05) is 12.4 Å². The zero-order valence-electron chi connectivity index (χ0n) is 16.9. The van der Waals surface area contributed by atoms with Gasteiger partial charge in [-0.2, -0.15) is 5.10 Å². The van der Waals surface area contributed by atoms with E-state index in [1.807, 2.05) is 36.5 Å². The zero-order chi connectivity index (χ0) is 21.1. The van der Waals surface area contributed by atoms with E-state index in [1.165, 1.54) is 0 Å². The molecule has 2 atom stereocenters. The highest BCUT2D eigenvalue weighted by Crippen LogP contribution is 2.24. The lowest BCUT2D eigenvalue weighted by molar-refractivity contribution is 0.0713. The first-order valence-electron chi connectivity index (χ1n) is 10.2. The number of aliphatic hydroxyl groups excluding tert-OH is 1. The van der Waals surface area contributed by atoms with Crippen molar-refractivity contribution in [2.75, 3.05) is 0 Å². The first kappa shape index (κ1) is 20.6. The molecule has 6 nitrogen and oxygen atoms in total. The number of amides is 1. The van der Waals surface area contributed by atoms with E-state index in [0.717, 1.165) is 42.5 Å². The SMILES string of the molecule is Cc1nc(C(=O)N[C@H]2CCCC[C@@H]2O)cc(Cc2ccc(-n3cccn3)cc2)c1Cl. The molecule has 1 aliphatic rings. The van der Waals surface area contributed by atoms with Crippen LogP contribution < -0.4 is 5.32 Å². The molecule has 7 heteroatoms. The average Bonchev–Trinajstić information content (AvgIpc) is 3.28. The Morgan fingerprint density at radius 3 is 2.73 bits per heavy atom. The van der Waals surface area contributed by atoms with Crippen molar-refractivity contribution in [2.24, 2.45) is 0 Å². The number of rotatable bonds is 5. The van der Waals surface area contributed by atoms with E-state index in [4.69, 9.17) is 11.6 Å². The topological polar surface area (TPSA) is 80.0 Å². The Kier molecular flexibility index (Phi) is 6.16. The van der Waals surface area contributed by atoms with Crippen LogP contribution >= 0.6 is 11.6 Å². The molecule has 0 aliphatic heterocycles. The highest BCUT2D eigenvalue weighted by molar-refractivity contribution is 6.32. The highest BCUT2D eigenvalue weighted by atomic mass is 35.5. The zero-order valence-corrected chi connectivity index (χ0v) is 17.6. The number of nitrogens with one attached hydrogen (secondary N) is 1. The van der Waals surface area contributed by atoms with Gasteiger partial charge >= 0.3 is 0 Å². The quantitative estimate of drug-likeness (QED) is 0.651. The second-order valence-corrected chi connectivity index (χ2v) is 8.17. The maximum Gasteiger partial charge on any atom is 0.270 e. The Hall–Kier alpha value is -2.70. The van der Waals surface area contributed by atoms with E-state index in [-0.39, 0.29) is 11.9 Å². The van der Waals surface area contributed by atoms with Gasteiger partial charge in [0.2, 0.25) is 0 Å². The van der Waals surface area contributed by atoms with Crippen molar-refractivity contribution < 1.29 is 9.90 Å². The van der Waals surface area contributed by atoms with Gasteiger partial charge in [0.15, 0.2) is 0 Å². The van der Waals surface area contributed by atoms with Crippen molar-refractivity contribution in [3.05, 3.63) is 76.3 Å². The largest absolute Gasteiger partial charge is 0.391 e. The van der Waals surface area contributed by atoms with Gasteiger partial charge in [-0.3, -0.25) is 4.79 Å². The second-order valence-electron chi connectivity index (χ2n) is 7.79. The van der Waals surface area contributed by atoms with E-state index in [0.29, 0.717) is 22.8 Å². The van der Waals surface area contributed by atoms with Gasteiger partial charge in [0.25, 0.3) is 5.91 Å². The fourth-order valence-electron chi connectivity index (χ4n) is 3.90. The number of benzene rings is 1. The number of aryl methyl sites for hydroxylation is 1. The Morgan fingerprint density at radius 1 is 1.27 bits per heavy atom. The molecule has 1 aliphatic carbocycles. The third-order valence-corrected chi connectivity index (χ3v) is 6.09. The normalized spacial score (nSPS) is 18.9. The molecule has 30 heavy (non-hydrogen) atoms. The van der Waals surface area contributed by atoms with Gasteiger partial charge in [-0.15, -0.1) is 0 Å². The number of aromatic nitrogens is 3. The lowest BCUT2D eigenvalue weighted by atomic mass is 9.92. The lowest BCUT2D eigenvalue weighted by Gasteiger charge is -2.28. The van der Waals surface area contributed by atoms with E-state index in [2.05, 4.69) is 15.4 Å².